The van der Waals surface area contributed by atoms with Crippen LogP contribution in [0.2, 0.25) is 0 Å². The van der Waals surface area contributed by atoms with Crippen LogP contribution >= 0.6 is 0 Å². The third-order valence-corrected chi connectivity index (χ3v) is 5.15. The third kappa shape index (κ3) is 5.42. The molecule has 1 aliphatic heterocycles. The number of carboxylic acids is 1. The van der Waals surface area contributed by atoms with Crippen LogP contribution in [0, 0.1) is 6.92 Å². The van der Waals surface area contributed by atoms with Gasteiger partial charge in [-0.25, -0.2) is 4.79 Å². The molecule has 8 nitrogen and oxygen atoms in total. The van der Waals surface area contributed by atoms with E-state index in [1.54, 1.807) is 6.92 Å². The van der Waals surface area contributed by atoms with E-state index in [2.05, 4.69) is 33.0 Å². The van der Waals surface area contributed by atoms with Crippen molar-refractivity contribution in [2.45, 2.75) is 19.4 Å². The largest absolute Gasteiger partial charge is 0.491 e. The molecule has 8 heteroatoms. The normalized spacial score (nSPS) is 13.6. The van der Waals surface area contributed by atoms with E-state index in [1.807, 2.05) is 36.4 Å². The maximum atomic E-state index is 11.3. The fourth-order valence-electron chi connectivity index (χ4n) is 3.28. The van der Waals surface area contributed by atoms with Crippen LogP contribution in [0.5, 0.6) is 5.75 Å². The Kier molecular flexibility index (Phi) is 6.49. The number of nitrogens with zero attached hydrogens (tertiary/aromatic N) is 1. The number of hydrogen-bond acceptors (Lipinski definition) is 6. The first-order valence-electron chi connectivity index (χ1n) is 10.3. The van der Waals surface area contributed by atoms with Gasteiger partial charge in [-0.1, -0.05) is 24.3 Å². The summed E-state index contributed by atoms with van der Waals surface area (Å²) in [6, 6.07) is 16.0. The molecule has 0 aliphatic carbocycles. The minimum atomic E-state index is -1.07. The number of H-pyrrole nitrogens is 1. The van der Waals surface area contributed by atoms with Crippen molar-refractivity contribution < 1.29 is 19.4 Å². The molecule has 0 spiro atoms. The van der Waals surface area contributed by atoms with Crippen molar-refractivity contribution >= 4 is 17.3 Å². The highest BCUT2D eigenvalue weighted by Crippen LogP contribution is 2.24. The number of aromatic amines is 1. The SMILES string of the molecule is Cc1[nH]nc(C(=O)O)c1Nc1ccc(Cc2ccc(OCCOC3CNC3)cc2)cc1. The van der Waals surface area contributed by atoms with Gasteiger partial charge >= 0.3 is 5.97 Å². The van der Waals surface area contributed by atoms with Crippen LogP contribution in [0.3, 0.4) is 0 Å². The van der Waals surface area contributed by atoms with Crippen LogP contribution in [0.4, 0.5) is 11.4 Å². The smallest absolute Gasteiger partial charge is 0.358 e. The lowest BCUT2D eigenvalue weighted by atomic mass is 10.0. The van der Waals surface area contributed by atoms with E-state index in [1.165, 1.54) is 5.56 Å². The van der Waals surface area contributed by atoms with Gasteiger partial charge < -0.3 is 25.2 Å². The zero-order chi connectivity index (χ0) is 21.6. The van der Waals surface area contributed by atoms with Crippen molar-refractivity contribution in [3.8, 4) is 5.75 Å². The number of aromatic nitrogens is 2. The van der Waals surface area contributed by atoms with Gasteiger partial charge in [0.25, 0.3) is 0 Å². The van der Waals surface area contributed by atoms with Gasteiger partial charge in [0.15, 0.2) is 5.69 Å². The predicted octanol–water partition coefficient (Wildman–Crippen LogP) is 3.12. The highest BCUT2D eigenvalue weighted by Gasteiger charge is 2.17. The van der Waals surface area contributed by atoms with E-state index < -0.39 is 5.97 Å². The van der Waals surface area contributed by atoms with Crippen LogP contribution in [0.1, 0.15) is 27.3 Å². The Balaban J connectivity index is 1.28. The van der Waals surface area contributed by atoms with E-state index in [4.69, 9.17) is 9.47 Å². The molecule has 2 heterocycles. The first kappa shape index (κ1) is 20.9. The number of aromatic carboxylic acids is 1. The molecule has 1 aliphatic rings. The van der Waals surface area contributed by atoms with Gasteiger partial charge in [0.2, 0.25) is 0 Å². The molecule has 4 rings (SSSR count). The first-order valence-corrected chi connectivity index (χ1v) is 10.3. The van der Waals surface area contributed by atoms with Gasteiger partial charge in [-0.3, -0.25) is 5.10 Å². The van der Waals surface area contributed by atoms with Crippen molar-refractivity contribution in [2.24, 2.45) is 0 Å². The van der Waals surface area contributed by atoms with Crippen molar-refractivity contribution in [3.63, 3.8) is 0 Å². The minimum Gasteiger partial charge on any atom is -0.491 e. The predicted molar refractivity (Wildman–Crippen MR) is 117 cm³/mol. The van der Waals surface area contributed by atoms with Crippen molar-refractivity contribution in [2.75, 3.05) is 31.6 Å². The standard InChI is InChI=1S/C23H26N4O4/c1-15-21(22(23(28)29)27-26-15)25-18-6-2-16(3-7-18)12-17-4-8-19(9-5-17)30-10-11-31-20-13-24-14-20/h2-9,20,24-25H,10-14H2,1H3,(H,26,27)(H,28,29). The monoisotopic (exact) mass is 422 g/mol. The summed E-state index contributed by atoms with van der Waals surface area (Å²) >= 11 is 0. The summed E-state index contributed by atoms with van der Waals surface area (Å²) in [5.41, 5.74) is 4.28. The number of carbonyl (C=O) groups is 1. The average Bonchev–Trinajstić information content (AvgIpc) is 3.10. The molecule has 0 unspecified atom stereocenters. The molecule has 162 valence electrons. The molecule has 1 saturated heterocycles. The molecular weight excluding hydrogens is 396 g/mol. The van der Waals surface area contributed by atoms with E-state index in [-0.39, 0.29) is 5.69 Å². The van der Waals surface area contributed by atoms with E-state index in [9.17, 15) is 9.90 Å². The summed E-state index contributed by atoms with van der Waals surface area (Å²) < 4.78 is 11.4. The van der Waals surface area contributed by atoms with Crippen molar-refractivity contribution in [1.29, 1.82) is 0 Å². The summed E-state index contributed by atoms with van der Waals surface area (Å²) in [6.45, 7) is 4.78. The van der Waals surface area contributed by atoms with Gasteiger partial charge in [0, 0.05) is 18.8 Å². The molecule has 0 saturated carbocycles. The number of nitrogens with one attached hydrogen (secondary N) is 3. The lowest BCUT2D eigenvalue weighted by Gasteiger charge is -2.26. The second-order valence-electron chi connectivity index (χ2n) is 7.52. The maximum absolute atomic E-state index is 11.3. The maximum Gasteiger partial charge on any atom is 0.358 e. The molecule has 0 amide bonds. The van der Waals surface area contributed by atoms with Crippen LogP contribution in [-0.2, 0) is 11.2 Å². The van der Waals surface area contributed by atoms with Crippen molar-refractivity contribution in [3.05, 3.63) is 71.0 Å². The number of anilines is 2. The molecule has 0 atom stereocenters. The summed E-state index contributed by atoms with van der Waals surface area (Å²) in [5, 5.41) is 22.1. The topological polar surface area (TPSA) is 109 Å². The Labute approximate surface area is 180 Å². The molecule has 3 aromatic rings. The number of benzene rings is 2. The molecule has 31 heavy (non-hydrogen) atoms. The van der Waals surface area contributed by atoms with Gasteiger partial charge in [0.05, 0.1) is 24.1 Å². The number of hydrogen-bond donors (Lipinski definition) is 4. The summed E-state index contributed by atoms with van der Waals surface area (Å²) in [6.07, 6.45) is 1.12. The number of aryl methyl sites for hydroxylation is 1. The Morgan fingerprint density at radius 3 is 2.39 bits per heavy atom. The summed E-state index contributed by atoms with van der Waals surface area (Å²) in [5.74, 6) is -0.234. The lowest BCUT2D eigenvalue weighted by Crippen LogP contribution is -2.48. The van der Waals surface area contributed by atoms with E-state index in [0.717, 1.165) is 36.5 Å². The molecule has 1 aromatic heterocycles. The molecule has 4 N–H and O–H groups in total. The van der Waals surface area contributed by atoms with Gasteiger partial charge in [0.1, 0.15) is 12.4 Å². The van der Waals surface area contributed by atoms with Gasteiger partial charge in [-0.2, -0.15) is 5.10 Å². The van der Waals surface area contributed by atoms with Gasteiger partial charge in [-0.05, 0) is 48.7 Å². The number of ether oxygens (including phenoxy) is 2. The quantitative estimate of drug-likeness (QED) is 0.372. The molecule has 2 aromatic carbocycles. The lowest BCUT2D eigenvalue weighted by molar-refractivity contribution is 0.00454. The highest BCUT2D eigenvalue weighted by molar-refractivity contribution is 5.93. The molecule has 0 radical (unpaired) electrons. The number of rotatable bonds is 10. The molecule has 0 bridgehead atoms. The van der Waals surface area contributed by atoms with Crippen molar-refractivity contribution in [1.82, 2.24) is 15.5 Å². The van der Waals surface area contributed by atoms with Crippen LogP contribution in [-0.4, -0.2) is 53.7 Å². The fourth-order valence-corrected chi connectivity index (χ4v) is 3.28. The van der Waals surface area contributed by atoms with E-state index in [0.29, 0.717) is 30.7 Å². The summed E-state index contributed by atoms with van der Waals surface area (Å²) in [7, 11) is 0. The number of carboxylic acid groups (broad SMARTS) is 1. The van der Waals surface area contributed by atoms with Gasteiger partial charge in [-0.15, -0.1) is 0 Å². The minimum absolute atomic E-state index is 0.0181. The molecule has 1 fully saturated rings. The Morgan fingerprint density at radius 2 is 1.77 bits per heavy atom. The second-order valence-corrected chi connectivity index (χ2v) is 7.52. The zero-order valence-electron chi connectivity index (χ0n) is 17.4. The average molecular weight is 422 g/mol. The third-order valence-electron chi connectivity index (χ3n) is 5.15. The fraction of sp³-hybridized carbons (Fsp3) is 0.304. The zero-order valence-corrected chi connectivity index (χ0v) is 17.4. The Hall–Kier alpha value is -3.36. The Bertz CT molecular complexity index is 1010. The van der Waals surface area contributed by atoms with Crippen LogP contribution < -0.4 is 15.4 Å². The van der Waals surface area contributed by atoms with Crippen LogP contribution in [0.15, 0.2) is 48.5 Å². The summed E-state index contributed by atoms with van der Waals surface area (Å²) in [4.78, 5) is 11.3. The van der Waals surface area contributed by atoms with E-state index >= 15 is 0 Å². The van der Waals surface area contributed by atoms with Crippen LogP contribution in [0.25, 0.3) is 0 Å². The highest BCUT2D eigenvalue weighted by atomic mass is 16.5. The second kappa shape index (κ2) is 9.63. The first-order chi connectivity index (χ1) is 15.1. The Morgan fingerprint density at radius 1 is 1.10 bits per heavy atom. The molecular formula is C23H26N4O4.